The van der Waals surface area contributed by atoms with Gasteiger partial charge in [0.1, 0.15) is 0 Å². The number of halogens is 1. The van der Waals surface area contributed by atoms with Crippen molar-refractivity contribution in [1.82, 2.24) is 0 Å². The molecule has 88 valence electrons. The van der Waals surface area contributed by atoms with Gasteiger partial charge in [-0.1, -0.05) is 18.5 Å². The van der Waals surface area contributed by atoms with Crippen LogP contribution >= 0.6 is 11.6 Å². The van der Waals surface area contributed by atoms with Crippen molar-refractivity contribution in [3.63, 3.8) is 0 Å². The SMILES string of the molecule is CCC1COCCN1c1cc(Cl)ccc1N. The van der Waals surface area contributed by atoms with Gasteiger partial charge in [0.15, 0.2) is 0 Å². The Morgan fingerprint density at radius 3 is 3.12 bits per heavy atom. The molecular formula is C12H17ClN2O. The molecule has 1 atom stereocenters. The molecule has 1 fully saturated rings. The van der Waals surface area contributed by atoms with Crippen molar-refractivity contribution in [1.29, 1.82) is 0 Å². The Morgan fingerprint density at radius 2 is 2.38 bits per heavy atom. The zero-order valence-electron chi connectivity index (χ0n) is 9.45. The lowest BCUT2D eigenvalue weighted by Gasteiger charge is -2.37. The first-order valence-corrected chi connectivity index (χ1v) is 5.99. The van der Waals surface area contributed by atoms with Crippen LogP contribution in [0.5, 0.6) is 0 Å². The van der Waals surface area contributed by atoms with Crippen molar-refractivity contribution in [3.05, 3.63) is 23.2 Å². The fraction of sp³-hybridized carbons (Fsp3) is 0.500. The second-order valence-corrected chi connectivity index (χ2v) is 4.47. The Hall–Kier alpha value is -0.930. The maximum absolute atomic E-state index is 6.01. The highest BCUT2D eigenvalue weighted by molar-refractivity contribution is 6.31. The summed E-state index contributed by atoms with van der Waals surface area (Å²) in [5.74, 6) is 0. The zero-order valence-corrected chi connectivity index (χ0v) is 10.2. The third kappa shape index (κ3) is 2.25. The number of hydrogen-bond acceptors (Lipinski definition) is 3. The Morgan fingerprint density at radius 1 is 1.56 bits per heavy atom. The smallest absolute Gasteiger partial charge is 0.0670 e. The predicted octanol–water partition coefficient (Wildman–Crippen LogP) is 2.54. The van der Waals surface area contributed by atoms with E-state index in [1.807, 2.05) is 18.2 Å². The monoisotopic (exact) mass is 240 g/mol. The van der Waals surface area contributed by atoms with Gasteiger partial charge in [-0.2, -0.15) is 0 Å². The molecule has 0 aromatic heterocycles. The molecule has 4 heteroatoms. The second-order valence-electron chi connectivity index (χ2n) is 4.03. The van der Waals surface area contributed by atoms with Crippen LogP contribution < -0.4 is 10.6 Å². The van der Waals surface area contributed by atoms with Gasteiger partial charge in [0.2, 0.25) is 0 Å². The minimum atomic E-state index is 0.398. The molecule has 0 bridgehead atoms. The van der Waals surface area contributed by atoms with Crippen LogP contribution in [-0.4, -0.2) is 25.8 Å². The molecule has 1 aromatic carbocycles. The van der Waals surface area contributed by atoms with Gasteiger partial charge in [-0.25, -0.2) is 0 Å². The molecule has 0 radical (unpaired) electrons. The summed E-state index contributed by atoms with van der Waals surface area (Å²) in [5.41, 5.74) is 7.81. The number of rotatable bonds is 2. The van der Waals surface area contributed by atoms with Crippen molar-refractivity contribution >= 4 is 23.0 Å². The summed E-state index contributed by atoms with van der Waals surface area (Å²) in [4.78, 5) is 2.30. The fourth-order valence-electron chi connectivity index (χ4n) is 2.08. The minimum Gasteiger partial charge on any atom is -0.397 e. The Balaban J connectivity index is 2.30. The highest BCUT2D eigenvalue weighted by Gasteiger charge is 2.23. The summed E-state index contributed by atoms with van der Waals surface area (Å²) in [6.07, 6.45) is 1.05. The number of nitrogens with two attached hydrogens (primary N) is 1. The van der Waals surface area contributed by atoms with Gasteiger partial charge >= 0.3 is 0 Å². The first kappa shape index (κ1) is 11.6. The van der Waals surface area contributed by atoms with E-state index in [0.29, 0.717) is 6.04 Å². The van der Waals surface area contributed by atoms with E-state index in [9.17, 15) is 0 Å². The molecule has 0 spiro atoms. The number of benzene rings is 1. The number of nitrogen functional groups attached to an aromatic ring is 1. The Kier molecular flexibility index (Phi) is 3.56. The molecule has 2 rings (SSSR count). The molecular weight excluding hydrogens is 224 g/mol. The van der Waals surface area contributed by atoms with Gasteiger partial charge in [-0.05, 0) is 24.6 Å². The van der Waals surface area contributed by atoms with Gasteiger partial charge in [-0.3, -0.25) is 0 Å². The molecule has 1 unspecified atom stereocenters. The normalized spacial score (nSPS) is 21.1. The van der Waals surface area contributed by atoms with E-state index in [0.717, 1.165) is 42.6 Å². The third-order valence-corrected chi connectivity index (χ3v) is 3.24. The first-order valence-electron chi connectivity index (χ1n) is 5.61. The van der Waals surface area contributed by atoms with E-state index in [4.69, 9.17) is 22.1 Å². The van der Waals surface area contributed by atoms with E-state index in [1.54, 1.807) is 0 Å². The van der Waals surface area contributed by atoms with E-state index in [2.05, 4.69) is 11.8 Å². The predicted molar refractivity (Wildman–Crippen MR) is 68.1 cm³/mol. The summed E-state index contributed by atoms with van der Waals surface area (Å²) in [5, 5.41) is 0.727. The van der Waals surface area contributed by atoms with Gasteiger partial charge in [-0.15, -0.1) is 0 Å². The molecule has 16 heavy (non-hydrogen) atoms. The quantitative estimate of drug-likeness (QED) is 0.808. The van der Waals surface area contributed by atoms with Gasteiger partial charge in [0, 0.05) is 11.6 Å². The van der Waals surface area contributed by atoms with Crippen LogP contribution in [0.25, 0.3) is 0 Å². The van der Waals surface area contributed by atoms with E-state index >= 15 is 0 Å². The number of nitrogens with zero attached hydrogens (tertiary/aromatic N) is 1. The van der Waals surface area contributed by atoms with E-state index in [1.165, 1.54) is 0 Å². The molecule has 0 saturated carbocycles. The molecule has 1 saturated heterocycles. The van der Waals surface area contributed by atoms with Crippen LogP contribution in [0.4, 0.5) is 11.4 Å². The molecule has 1 aromatic rings. The average Bonchev–Trinajstić information content (AvgIpc) is 2.32. The van der Waals surface area contributed by atoms with Crippen LogP contribution in [-0.2, 0) is 4.74 Å². The van der Waals surface area contributed by atoms with E-state index < -0.39 is 0 Å². The molecule has 3 nitrogen and oxygen atoms in total. The summed E-state index contributed by atoms with van der Waals surface area (Å²) in [7, 11) is 0. The minimum absolute atomic E-state index is 0.398. The lowest BCUT2D eigenvalue weighted by Crippen LogP contribution is -2.45. The summed E-state index contributed by atoms with van der Waals surface area (Å²) in [6, 6.07) is 6.02. The van der Waals surface area contributed by atoms with Crippen LogP contribution in [0.15, 0.2) is 18.2 Å². The molecule has 1 aliphatic heterocycles. The second kappa shape index (κ2) is 4.93. The molecule has 2 N–H and O–H groups in total. The molecule has 1 heterocycles. The van der Waals surface area contributed by atoms with Crippen molar-refractivity contribution in [3.8, 4) is 0 Å². The van der Waals surface area contributed by atoms with Gasteiger partial charge in [0.25, 0.3) is 0 Å². The Labute approximate surface area is 101 Å². The largest absolute Gasteiger partial charge is 0.397 e. The lowest BCUT2D eigenvalue weighted by atomic mass is 10.1. The first-order chi connectivity index (χ1) is 7.72. The summed E-state index contributed by atoms with van der Waals surface area (Å²) < 4.78 is 5.48. The molecule has 0 aliphatic carbocycles. The fourth-order valence-corrected chi connectivity index (χ4v) is 2.24. The lowest BCUT2D eigenvalue weighted by molar-refractivity contribution is 0.0931. The Bertz CT molecular complexity index is 370. The highest BCUT2D eigenvalue weighted by atomic mass is 35.5. The number of morpholine rings is 1. The van der Waals surface area contributed by atoms with Crippen molar-refractivity contribution < 1.29 is 4.74 Å². The van der Waals surface area contributed by atoms with Crippen LogP contribution in [0.1, 0.15) is 13.3 Å². The summed E-state index contributed by atoms with van der Waals surface area (Å²) in [6.45, 7) is 4.56. The number of ether oxygens (including phenoxy) is 1. The van der Waals surface area contributed by atoms with Crippen LogP contribution in [0.2, 0.25) is 5.02 Å². The topological polar surface area (TPSA) is 38.5 Å². The number of anilines is 2. The van der Waals surface area contributed by atoms with E-state index in [-0.39, 0.29) is 0 Å². The maximum Gasteiger partial charge on any atom is 0.0670 e. The van der Waals surface area contributed by atoms with Gasteiger partial charge in [0.05, 0.1) is 30.6 Å². The van der Waals surface area contributed by atoms with Crippen LogP contribution in [0.3, 0.4) is 0 Å². The van der Waals surface area contributed by atoms with Crippen molar-refractivity contribution in [2.75, 3.05) is 30.4 Å². The number of hydrogen-bond donors (Lipinski definition) is 1. The molecule has 1 aliphatic rings. The van der Waals surface area contributed by atoms with Crippen molar-refractivity contribution in [2.45, 2.75) is 19.4 Å². The summed E-state index contributed by atoms with van der Waals surface area (Å²) >= 11 is 6.01. The van der Waals surface area contributed by atoms with Gasteiger partial charge < -0.3 is 15.4 Å². The molecule has 0 amide bonds. The van der Waals surface area contributed by atoms with Crippen molar-refractivity contribution in [2.24, 2.45) is 0 Å². The third-order valence-electron chi connectivity index (χ3n) is 3.00. The van der Waals surface area contributed by atoms with Crippen LogP contribution in [0, 0.1) is 0 Å². The average molecular weight is 241 g/mol. The standard InChI is InChI=1S/C12H17ClN2O/c1-2-10-8-16-6-5-15(10)12-7-9(13)3-4-11(12)14/h3-4,7,10H,2,5-6,8,14H2,1H3. The maximum atomic E-state index is 6.01. The zero-order chi connectivity index (χ0) is 11.5. The highest BCUT2D eigenvalue weighted by Crippen LogP contribution is 2.30.